The van der Waals surface area contributed by atoms with Crippen molar-refractivity contribution in [3.8, 4) is 0 Å². The number of rotatable bonds is 5. The van der Waals surface area contributed by atoms with Gasteiger partial charge in [0.05, 0.1) is 6.61 Å². The third-order valence-corrected chi connectivity index (χ3v) is 2.54. The molecule has 0 bridgehead atoms. The van der Waals surface area contributed by atoms with Crippen LogP contribution in [0.25, 0.3) is 0 Å². The van der Waals surface area contributed by atoms with Gasteiger partial charge in [0.15, 0.2) is 0 Å². The number of halogens is 1. The van der Waals surface area contributed by atoms with Crippen molar-refractivity contribution in [1.29, 1.82) is 0 Å². The topological polar surface area (TPSA) is 39.9 Å². The summed E-state index contributed by atoms with van der Waals surface area (Å²) in [4.78, 5) is 0. The first kappa shape index (κ1) is 11.7. The maximum absolute atomic E-state index is 13.5. The largest absolute Gasteiger partial charge is 0.383 e. The monoisotopic (exact) mass is 235 g/mol. The van der Waals surface area contributed by atoms with Crippen LogP contribution in [0.15, 0.2) is 30.6 Å². The molecule has 0 aliphatic heterocycles. The lowest BCUT2D eigenvalue weighted by Gasteiger charge is -2.06. The fourth-order valence-electron chi connectivity index (χ4n) is 1.60. The van der Waals surface area contributed by atoms with Gasteiger partial charge in [0.1, 0.15) is 18.0 Å². The Balaban J connectivity index is 2.13. The van der Waals surface area contributed by atoms with E-state index in [9.17, 15) is 4.39 Å². The molecule has 0 unspecified atom stereocenters. The van der Waals surface area contributed by atoms with E-state index in [2.05, 4.69) is 10.2 Å². The Hall–Kier alpha value is -1.75. The zero-order valence-corrected chi connectivity index (χ0v) is 9.64. The van der Waals surface area contributed by atoms with Crippen LogP contribution in [0.5, 0.6) is 0 Å². The second-order valence-corrected chi connectivity index (χ2v) is 3.70. The van der Waals surface area contributed by atoms with E-state index in [4.69, 9.17) is 4.74 Å². The molecule has 5 heteroatoms. The van der Waals surface area contributed by atoms with Crippen LogP contribution in [-0.4, -0.2) is 28.5 Å². The normalized spacial score (nSPS) is 10.7. The van der Waals surface area contributed by atoms with Crippen LogP contribution < -0.4 is 0 Å². The smallest absolute Gasteiger partial charge is 0.137 e. The van der Waals surface area contributed by atoms with Crippen LogP contribution in [0.2, 0.25) is 0 Å². The molecule has 17 heavy (non-hydrogen) atoms. The van der Waals surface area contributed by atoms with Crippen LogP contribution in [0.3, 0.4) is 0 Å². The van der Waals surface area contributed by atoms with Crippen molar-refractivity contribution in [2.45, 2.75) is 13.0 Å². The standard InChI is InChI=1S/C12H14FN3O/c1-17-7-6-16-9-14-15-12(16)8-10-4-2-3-5-11(10)13/h2-5,9H,6-8H2,1H3. The van der Waals surface area contributed by atoms with Gasteiger partial charge < -0.3 is 9.30 Å². The minimum atomic E-state index is -0.214. The van der Waals surface area contributed by atoms with Gasteiger partial charge in [0.2, 0.25) is 0 Å². The third-order valence-electron chi connectivity index (χ3n) is 2.54. The molecule has 0 N–H and O–H groups in total. The molecule has 0 radical (unpaired) electrons. The lowest BCUT2D eigenvalue weighted by Crippen LogP contribution is -2.08. The Morgan fingerprint density at radius 1 is 1.35 bits per heavy atom. The Labute approximate surface area is 99.1 Å². The highest BCUT2D eigenvalue weighted by Gasteiger charge is 2.08. The van der Waals surface area contributed by atoms with Crippen LogP contribution in [-0.2, 0) is 17.7 Å². The average molecular weight is 235 g/mol. The maximum Gasteiger partial charge on any atom is 0.137 e. The van der Waals surface area contributed by atoms with Gasteiger partial charge in [0.25, 0.3) is 0 Å². The van der Waals surface area contributed by atoms with Gasteiger partial charge in [0, 0.05) is 20.1 Å². The minimum Gasteiger partial charge on any atom is -0.383 e. The van der Waals surface area contributed by atoms with Gasteiger partial charge >= 0.3 is 0 Å². The van der Waals surface area contributed by atoms with E-state index in [1.54, 1.807) is 25.6 Å². The molecular formula is C12H14FN3O. The van der Waals surface area contributed by atoms with Crippen molar-refractivity contribution < 1.29 is 9.13 Å². The summed E-state index contributed by atoms with van der Waals surface area (Å²) >= 11 is 0. The van der Waals surface area contributed by atoms with E-state index >= 15 is 0 Å². The average Bonchev–Trinajstić information content (AvgIpc) is 2.77. The van der Waals surface area contributed by atoms with Gasteiger partial charge in [-0.05, 0) is 11.6 Å². The third kappa shape index (κ3) is 2.88. The quantitative estimate of drug-likeness (QED) is 0.791. The van der Waals surface area contributed by atoms with Gasteiger partial charge in [-0.3, -0.25) is 0 Å². The molecule has 2 rings (SSSR count). The molecule has 0 aliphatic rings. The fraction of sp³-hybridized carbons (Fsp3) is 0.333. The van der Waals surface area contributed by atoms with E-state index in [0.717, 1.165) is 5.82 Å². The molecule has 1 aromatic carbocycles. The second kappa shape index (κ2) is 5.54. The SMILES string of the molecule is COCCn1cnnc1Cc1ccccc1F. The van der Waals surface area contributed by atoms with Crippen LogP contribution in [0.4, 0.5) is 4.39 Å². The summed E-state index contributed by atoms with van der Waals surface area (Å²) in [5, 5.41) is 7.83. The van der Waals surface area contributed by atoms with Crippen molar-refractivity contribution in [1.82, 2.24) is 14.8 Å². The fourth-order valence-corrected chi connectivity index (χ4v) is 1.60. The van der Waals surface area contributed by atoms with Crippen molar-refractivity contribution in [3.05, 3.63) is 47.8 Å². The van der Waals surface area contributed by atoms with Crippen molar-refractivity contribution in [3.63, 3.8) is 0 Å². The highest BCUT2D eigenvalue weighted by molar-refractivity contribution is 5.20. The van der Waals surface area contributed by atoms with Crippen molar-refractivity contribution in [2.75, 3.05) is 13.7 Å². The van der Waals surface area contributed by atoms with Crippen LogP contribution in [0.1, 0.15) is 11.4 Å². The molecule has 1 aromatic heterocycles. The number of hydrogen-bond donors (Lipinski definition) is 0. The summed E-state index contributed by atoms with van der Waals surface area (Å²) in [5.74, 6) is 0.529. The van der Waals surface area contributed by atoms with Crippen molar-refractivity contribution in [2.24, 2.45) is 0 Å². The highest BCUT2D eigenvalue weighted by atomic mass is 19.1. The molecular weight excluding hydrogens is 221 g/mol. The number of methoxy groups -OCH3 is 1. The van der Waals surface area contributed by atoms with E-state index in [0.29, 0.717) is 25.1 Å². The lowest BCUT2D eigenvalue weighted by molar-refractivity contribution is 0.186. The maximum atomic E-state index is 13.5. The Morgan fingerprint density at radius 3 is 2.94 bits per heavy atom. The van der Waals surface area contributed by atoms with Gasteiger partial charge in [-0.2, -0.15) is 0 Å². The van der Waals surface area contributed by atoms with Crippen LogP contribution >= 0.6 is 0 Å². The summed E-state index contributed by atoms with van der Waals surface area (Å²) in [6, 6.07) is 6.69. The zero-order valence-electron chi connectivity index (χ0n) is 9.64. The number of benzene rings is 1. The summed E-state index contributed by atoms with van der Waals surface area (Å²) < 4.78 is 20.3. The molecule has 2 aromatic rings. The highest BCUT2D eigenvalue weighted by Crippen LogP contribution is 2.11. The predicted molar refractivity (Wildman–Crippen MR) is 61.1 cm³/mol. The molecule has 0 fully saturated rings. The molecule has 0 saturated carbocycles. The number of aromatic nitrogens is 3. The molecule has 0 atom stereocenters. The summed E-state index contributed by atoms with van der Waals surface area (Å²) in [6.45, 7) is 1.26. The molecule has 0 aliphatic carbocycles. The zero-order chi connectivity index (χ0) is 12.1. The van der Waals surface area contributed by atoms with E-state index in [1.165, 1.54) is 6.07 Å². The summed E-state index contributed by atoms with van der Waals surface area (Å²) in [7, 11) is 1.64. The van der Waals surface area contributed by atoms with E-state index < -0.39 is 0 Å². The van der Waals surface area contributed by atoms with Crippen LogP contribution in [0, 0.1) is 5.82 Å². The first-order valence-corrected chi connectivity index (χ1v) is 5.40. The van der Waals surface area contributed by atoms with Crippen molar-refractivity contribution >= 4 is 0 Å². The molecule has 0 saturated heterocycles. The molecule has 90 valence electrons. The second-order valence-electron chi connectivity index (χ2n) is 3.70. The Kier molecular flexibility index (Phi) is 3.82. The van der Waals surface area contributed by atoms with E-state index in [1.807, 2.05) is 10.6 Å². The van der Waals surface area contributed by atoms with Gasteiger partial charge in [-0.25, -0.2) is 4.39 Å². The molecule has 4 nitrogen and oxygen atoms in total. The summed E-state index contributed by atoms with van der Waals surface area (Å²) in [6.07, 6.45) is 2.07. The number of ether oxygens (including phenoxy) is 1. The molecule has 1 heterocycles. The first-order valence-electron chi connectivity index (χ1n) is 5.40. The number of hydrogen-bond acceptors (Lipinski definition) is 3. The first-order chi connectivity index (χ1) is 8.31. The minimum absolute atomic E-state index is 0.214. The van der Waals surface area contributed by atoms with E-state index in [-0.39, 0.29) is 5.82 Å². The van der Waals surface area contributed by atoms with Gasteiger partial charge in [-0.15, -0.1) is 10.2 Å². The molecule has 0 amide bonds. The Morgan fingerprint density at radius 2 is 2.18 bits per heavy atom. The molecule has 0 spiro atoms. The number of nitrogens with zero attached hydrogens (tertiary/aromatic N) is 3. The van der Waals surface area contributed by atoms with Gasteiger partial charge in [-0.1, -0.05) is 18.2 Å². The predicted octanol–water partition coefficient (Wildman–Crippen LogP) is 1.65. The Bertz CT molecular complexity index is 484. The summed E-state index contributed by atoms with van der Waals surface area (Å²) in [5.41, 5.74) is 0.624. The lowest BCUT2D eigenvalue weighted by atomic mass is 10.1.